The zero-order valence-electron chi connectivity index (χ0n) is 8.38. The fourth-order valence-electron chi connectivity index (χ4n) is 1.01. The minimum atomic E-state index is 0.646. The summed E-state index contributed by atoms with van der Waals surface area (Å²) in [6.07, 6.45) is 2.50. The first-order valence-electron chi connectivity index (χ1n) is 4.52. The number of anilines is 1. The maximum absolute atomic E-state index is 4.96. The van der Waals surface area contributed by atoms with Gasteiger partial charge in [0.1, 0.15) is 11.6 Å². The average molecular weight is 260 g/mol. The Bertz CT molecular complexity index is 293. The number of hydrogen-bond acceptors (Lipinski definition) is 4. The van der Waals surface area contributed by atoms with Crippen LogP contribution in [0.15, 0.2) is 10.7 Å². The standard InChI is InChI=1S/C9H14BrN3O/c1-3-11-9-7(10)6-12-8(13-9)4-5-14-2/h6H,3-5H2,1-2H3,(H,11,12,13). The zero-order valence-corrected chi connectivity index (χ0v) is 9.97. The van der Waals surface area contributed by atoms with E-state index in [4.69, 9.17) is 4.74 Å². The summed E-state index contributed by atoms with van der Waals surface area (Å²) < 4.78 is 5.85. The fraction of sp³-hybridized carbons (Fsp3) is 0.556. The molecule has 1 N–H and O–H groups in total. The van der Waals surface area contributed by atoms with E-state index in [1.54, 1.807) is 13.3 Å². The van der Waals surface area contributed by atoms with Crippen molar-refractivity contribution in [2.45, 2.75) is 13.3 Å². The van der Waals surface area contributed by atoms with Gasteiger partial charge in [-0.2, -0.15) is 0 Å². The van der Waals surface area contributed by atoms with Crippen LogP contribution in [0.2, 0.25) is 0 Å². The van der Waals surface area contributed by atoms with Crippen molar-refractivity contribution in [3.05, 3.63) is 16.5 Å². The molecule has 0 saturated carbocycles. The molecule has 0 aromatic carbocycles. The first-order chi connectivity index (χ1) is 6.77. The molecule has 5 heteroatoms. The number of halogens is 1. The molecule has 0 amide bonds. The molecule has 14 heavy (non-hydrogen) atoms. The molecule has 0 spiro atoms. The Morgan fingerprint density at radius 3 is 3.00 bits per heavy atom. The van der Waals surface area contributed by atoms with Crippen LogP contribution in [-0.4, -0.2) is 30.2 Å². The van der Waals surface area contributed by atoms with Crippen LogP contribution in [0.1, 0.15) is 12.7 Å². The number of ether oxygens (including phenoxy) is 1. The highest BCUT2D eigenvalue weighted by molar-refractivity contribution is 9.10. The van der Waals surface area contributed by atoms with Crippen LogP contribution in [0.5, 0.6) is 0 Å². The van der Waals surface area contributed by atoms with E-state index < -0.39 is 0 Å². The van der Waals surface area contributed by atoms with Crippen LogP contribution in [0.25, 0.3) is 0 Å². The lowest BCUT2D eigenvalue weighted by Crippen LogP contribution is -2.06. The topological polar surface area (TPSA) is 47.0 Å². The van der Waals surface area contributed by atoms with Crippen LogP contribution in [0.4, 0.5) is 5.82 Å². The van der Waals surface area contributed by atoms with Gasteiger partial charge < -0.3 is 10.1 Å². The molecule has 1 heterocycles. The van der Waals surface area contributed by atoms with Crippen LogP contribution < -0.4 is 5.32 Å². The van der Waals surface area contributed by atoms with Crippen molar-refractivity contribution in [3.8, 4) is 0 Å². The molecule has 0 unspecified atom stereocenters. The monoisotopic (exact) mass is 259 g/mol. The third-order valence-corrected chi connectivity index (χ3v) is 2.25. The summed E-state index contributed by atoms with van der Waals surface area (Å²) in [6.45, 7) is 3.52. The van der Waals surface area contributed by atoms with E-state index in [2.05, 4.69) is 31.2 Å². The molecule has 0 bridgehead atoms. The Hall–Kier alpha value is -0.680. The molecular formula is C9H14BrN3O. The summed E-state index contributed by atoms with van der Waals surface area (Å²) in [5.41, 5.74) is 0. The first-order valence-corrected chi connectivity index (χ1v) is 5.31. The van der Waals surface area contributed by atoms with E-state index in [-0.39, 0.29) is 0 Å². The van der Waals surface area contributed by atoms with Gasteiger partial charge in [-0.25, -0.2) is 9.97 Å². The van der Waals surface area contributed by atoms with Crippen molar-refractivity contribution in [2.75, 3.05) is 25.6 Å². The molecule has 0 atom stereocenters. The fourth-order valence-corrected chi connectivity index (χ4v) is 1.34. The van der Waals surface area contributed by atoms with E-state index in [1.807, 2.05) is 6.92 Å². The van der Waals surface area contributed by atoms with E-state index >= 15 is 0 Å². The van der Waals surface area contributed by atoms with Crippen molar-refractivity contribution in [1.29, 1.82) is 0 Å². The second kappa shape index (κ2) is 5.93. The number of nitrogens with one attached hydrogen (secondary N) is 1. The lowest BCUT2D eigenvalue weighted by Gasteiger charge is -2.06. The third kappa shape index (κ3) is 3.23. The zero-order chi connectivity index (χ0) is 10.4. The Balaban J connectivity index is 2.72. The SMILES string of the molecule is CCNc1nc(CCOC)ncc1Br. The Labute approximate surface area is 92.2 Å². The predicted molar refractivity (Wildman–Crippen MR) is 59.5 cm³/mol. The number of aromatic nitrogens is 2. The first kappa shape index (κ1) is 11.4. The van der Waals surface area contributed by atoms with E-state index in [1.165, 1.54) is 0 Å². The maximum atomic E-state index is 4.96. The van der Waals surface area contributed by atoms with Gasteiger partial charge in [0.15, 0.2) is 0 Å². The van der Waals surface area contributed by atoms with E-state index in [0.29, 0.717) is 6.61 Å². The van der Waals surface area contributed by atoms with Crippen molar-refractivity contribution in [3.63, 3.8) is 0 Å². The van der Waals surface area contributed by atoms with Gasteiger partial charge in [-0.05, 0) is 22.9 Å². The normalized spacial score (nSPS) is 10.2. The van der Waals surface area contributed by atoms with Gasteiger partial charge in [0.2, 0.25) is 0 Å². The van der Waals surface area contributed by atoms with Gasteiger partial charge in [-0.1, -0.05) is 0 Å². The number of methoxy groups -OCH3 is 1. The van der Waals surface area contributed by atoms with Gasteiger partial charge in [0.25, 0.3) is 0 Å². The Kier molecular flexibility index (Phi) is 4.82. The van der Waals surface area contributed by atoms with Crippen LogP contribution in [-0.2, 0) is 11.2 Å². The molecule has 1 rings (SSSR count). The lowest BCUT2D eigenvalue weighted by atomic mass is 10.4. The molecule has 78 valence electrons. The number of nitrogens with zero attached hydrogens (tertiary/aromatic N) is 2. The number of hydrogen-bond donors (Lipinski definition) is 1. The average Bonchev–Trinajstić information content (AvgIpc) is 2.19. The predicted octanol–water partition coefficient (Wildman–Crippen LogP) is 1.86. The van der Waals surface area contributed by atoms with Crippen LogP contribution >= 0.6 is 15.9 Å². The molecule has 1 aromatic rings. The number of rotatable bonds is 5. The maximum Gasteiger partial charge on any atom is 0.144 e. The summed E-state index contributed by atoms with van der Waals surface area (Å²) >= 11 is 3.38. The summed E-state index contributed by atoms with van der Waals surface area (Å²) in [4.78, 5) is 8.53. The highest BCUT2D eigenvalue weighted by Crippen LogP contribution is 2.18. The third-order valence-electron chi connectivity index (χ3n) is 1.67. The summed E-state index contributed by atoms with van der Waals surface area (Å²) in [5.74, 6) is 1.64. The lowest BCUT2D eigenvalue weighted by molar-refractivity contribution is 0.200. The quantitative estimate of drug-likeness (QED) is 0.877. The van der Waals surface area contributed by atoms with Crippen molar-refractivity contribution < 1.29 is 4.74 Å². The Morgan fingerprint density at radius 2 is 2.36 bits per heavy atom. The second-order valence-corrected chi connectivity index (χ2v) is 3.61. The molecule has 1 aromatic heterocycles. The highest BCUT2D eigenvalue weighted by Gasteiger charge is 2.03. The molecule has 0 fully saturated rings. The summed E-state index contributed by atoms with van der Waals surface area (Å²) in [7, 11) is 1.67. The minimum Gasteiger partial charge on any atom is -0.384 e. The van der Waals surface area contributed by atoms with Gasteiger partial charge in [0, 0.05) is 26.3 Å². The molecule has 0 aliphatic heterocycles. The van der Waals surface area contributed by atoms with Crippen molar-refractivity contribution in [2.24, 2.45) is 0 Å². The van der Waals surface area contributed by atoms with E-state index in [9.17, 15) is 0 Å². The molecular weight excluding hydrogens is 246 g/mol. The summed E-state index contributed by atoms with van der Waals surface area (Å²) in [5, 5.41) is 3.15. The van der Waals surface area contributed by atoms with E-state index in [0.717, 1.165) is 29.1 Å². The van der Waals surface area contributed by atoms with Gasteiger partial charge in [-0.15, -0.1) is 0 Å². The van der Waals surface area contributed by atoms with Crippen molar-refractivity contribution in [1.82, 2.24) is 9.97 Å². The highest BCUT2D eigenvalue weighted by atomic mass is 79.9. The van der Waals surface area contributed by atoms with Crippen molar-refractivity contribution >= 4 is 21.7 Å². The van der Waals surface area contributed by atoms with Gasteiger partial charge >= 0.3 is 0 Å². The van der Waals surface area contributed by atoms with Gasteiger partial charge in [0.05, 0.1) is 11.1 Å². The van der Waals surface area contributed by atoms with Crippen LogP contribution in [0.3, 0.4) is 0 Å². The largest absolute Gasteiger partial charge is 0.384 e. The Morgan fingerprint density at radius 1 is 1.57 bits per heavy atom. The summed E-state index contributed by atoms with van der Waals surface area (Å²) in [6, 6.07) is 0. The smallest absolute Gasteiger partial charge is 0.144 e. The molecule has 0 radical (unpaired) electrons. The minimum absolute atomic E-state index is 0.646. The second-order valence-electron chi connectivity index (χ2n) is 2.76. The van der Waals surface area contributed by atoms with Gasteiger partial charge in [-0.3, -0.25) is 0 Å². The molecule has 0 saturated heterocycles. The molecule has 4 nitrogen and oxygen atoms in total. The van der Waals surface area contributed by atoms with Crippen LogP contribution in [0, 0.1) is 0 Å². The molecule has 0 aliphatic carbocycles. The molecule has 0 aliphatic rings.